The lowest BCUT2D eigenvalue weighted by atomic mass is 10.1. The Morgan fingerprint density at radius 1 is 1.00 bits per heavy atom. The van der Waals surface area contributed by atoms with Crippen molar-refractivity contribution in [1.29, 1.82) is 0 Å². The molecule has 4 nitrogen and oxygen atoms in total. The van der Waals surface area contributed by atoms with Crippen LogP contribution in [0, 0.1) is 0 Å². The van der Waals surface area contributed by atoms with E-state index in [0.29, 0.717) is 0 Å². The Balaban J connectivity index is 3.10. The fourth-order valence-corrected chi connectivity index (χ4v) is 1.08. The van der Waals surface area contributed by atoms with Gasteiger partial charge in [-0.05, 0) is 27.2 Å². The highest BCUT2D eigenvalue weighted by Gasteiger charge is 2.15. The van der Waals surface area contributed by atoms with Crippen molar-refractivity contribution in [1.82, 2.24) is 5.32 Å². The fraction of sp³-hybridized carbons (Fsp3) is 1.00. The minimum atomic E-state index is -0.0810. The molecule has 0 heterocycles. The summed E-state index contributed by atoms with van der Waals surface area (Å²) in [6.45, 7) is 10.9. The SMILES string of the molecule is CCOCCNCCOCCC(C)(C)OC. The Bertz CT molecular complexity index is 151. The molecule has 0 aromatic carbocycles. The first-order valence-electron chi connectivity index (χ1n) is 6.03. The summed E-state index contributed by atoms with van der Waals surface area (Å²) in [7, 11) is 1.73. The van der Waals surface area contributed by atoms with Gasteiger partial charge in [-0.15, -0.1) is 0 Å². The zero-order valence-electron chi connectivity index (χ0n) is 11.2. The number of hydrogen-bond donors (Lipinski definition) is 1. The van der Waals surface area contributed by atoms with E-state index in [0.717, 1.165) is 45.9 Å². The molecule has 0 fully saturated rings. The molecular weight excluding hydrogens is 206 g/mol. The van der Waals surface area contributed by atoms with Crippen LogP contribution in [0.15, 0.2) is 0 Å². The van der Waals surface area contributed by atoms with Gasteiger partial charge in [-0.1, -0.05) is 0 Å². The quantitative estimate of drug-likeness (QED) is 0.548. The standard InChI is InChI=1S/C12H27NO3/c1-5-15-10-7-13-8-11-16-9-6-12(2,3)14-4/h13H,5-11H2,1-4H3. The fourth-order valence-electron chi connectivity index (χ4n) is 1.08. The maximum absolute atomic E-state index is 5.49. The monoisotopic (exact) mass is 233 g/mol. The number of nitrogens with one attached hydrogen (secondary N) is 1. The van der Waals surface area contributed by atoms with Crippen LogP contribution < -0.4 is 5.32 Å². The van der Waals surface area contributed by atoms with Crippen molar-refractivity contribution in [2.75, 3.05) is 46.6 Å². The van der Waals surface area contributed by atoms with Gasteiger partial charge in [-0.3, -0.25) is 0 Å². The second-order valence-electron chi connectivity index (χ2n) is 4.27. The van der Waals surface area contributed by atoms with E-state index in [2.05, 4.69) is 19.2 Å². The Morgan fingerprint density at radius 2 is 1.62 bits per heavy atom. The molecule has 0 amide bonds. The molecule has 0 rings (SSSR count). The molecule has 0 saturated heterocycles. The highest BCUT2D eigenvalue weighted by atomic mass is 16.5. The third-order valence-corrected chi connectivity index (χ3v) is 2.45. The molecule has 0 aliphatic heterocycles. The molecule has 4 heteroatoms. The van der Waals surface area contributed by atoms with Crippen LogP contribution in [0.4, 0.5) is 0 Å². The van der Waals surface area contributed by atoms with Gasteiger partial charge in [0.2, 0.25) is 0 Å². The number of methoxy groups -OCH3 is 1. The highest BCUT2D eigenvalue weighted by molar-refractivity contribution is 4.66. The van der Waals surface area contributed by atoms with Gasteiger partial charge in [0, 0.05) is 33.4 Å². The summed E-state index contributed by atoms with van der Waals surface area (Å²) in [4.78, 5) is 0. The molecule has 1 N–H and O–H groups in total. The van der Waals surface area contributed by atoms with Gasteiger partial charge in [0.15, 0.2) is 0 Å². The first-order valence-corrected chi connectivity index (χ1v) is 6.03. The van der Waals surface area contributed by atoms with Crippen LogP contribution in [0.3, 0.4) is 0 Å². The smallest absolute Gasteiger partial charge is 0.0644 e. The lowest BCUT2D eigenvalue weighted by Gasteiger charge is -2.22. The third-order valence-electron chi connectivity index (χ3n) is 2.45. The van der Waals surface area contributed by atoms with Gasteiger partial charge in [0.1, 0.15) is 0 Å². The van der Waals surface area contributed by atoms with Crippen LogP contribution in [0.2, 0.25) is 0 Å². The summed E-state index contributed by atoms with van der Waals surface area (Å²) in [5.41, 5.74) is -0.0810. The maximum atomic E-state index is 5.49. The van der Waals surface area contributed by atoms with Gasteiger partial charge in [0.05, 0.1) is 18.8 Å². The van der Waals surface area contributed by atoms with Gasteiger partial charge in [-0.2, -0.15) is 0 Å². The van der Waals surface area contributed by atoms with E-state index in [1.165, 1.54) is 0 Å². The lowest BCUT2D eigenvalue weighted by molar-refractivity contribution is -0.00942. The summed E-state index contributed by atoms with van der Waals surface area (Å²) in [5.74, 6) is 0. The van der Waals surface area contributed by atoms with Crippen molar-refractivity contribution in [3.63, 3.8) is 0 Å². The first kappa shape index (κ1) is 15.8. The van der Waals surface area contributed by atoms with Crippen LogP contribution in [0.1, 0.15) is 27.2 Å². The summed E-state index contributed by atoms with van der Waals surface area (Å²) in [5, 5.41) is 3.25. The molecule has 0 spiro atoms. The minimum absolute atomic E-state index is 0.0810. The zero-order valence-corrected chi connectivity index (χ0v) is 11.2. The van der Waals surface area contributed by atoms with E-state index >= 15 is 0 Å². The van der Waals surface area contributed by atoms with Crippen molar-refractivity contribution in [3.8, 4) is 0 Å². The molecule has 0 atom stereocenters. The van der Waals surface area contributed by atoms with Crippen LogP contribution in [0.5, 0.6) is 0 Å². The average molecular weight is 233 g/mol. The molecule has 0 unspecified atom stereocenters. The van der Waals surface area contributed by atoms with E-state index < -0.39 is 0 Å². The van der Waals surface area contributed by atoms with Crippen LogP contribution in [-0.2, 0) is 14.2 Å². The van der Waals surface area contributed by atoms with Crippen molar-refractivity contribution >= 4 is 0 Å². The normalized spacial score (nSPS) is 12.0. The van der Waals surface area contributed by atoms with Crippen molar-refractivity contribution in [2.45, 2.75) is 32.8 Å². The number of hydrogen-bond acceptors (Lipinski definition) is 4. The highest BCUT2D eigenvalue weighted by Crippen LogP contribution is 2.12. The van der Waals surface area contributed by atoms with E-state index in [9.17, 15) is 0 Å². The Morgan fingerprint density at radius 3 is 2.19 bits per heavy atom. The number of ether oxygens (including phenoxy) is 3. The second-order valence-corrected chi connectivity index (χ2v) is 4.27. The topological polar surface area (TPSA) is 39.7 Å². The van der Waals surface area contributed by atoms with E-state index in [1.807, 2.05) is 6.92 Å². The van der Waals surface area contributed by atoms with Gasteiger partial charge in [-0.25, -0.2) is 0 Å². The minimum Gasteiger partial charge on any atom is -0.380 e. The molecule has 98 valence electrons. The van der Waals surface area contributed by atoms with Crippen LogP contribution in [-0.4, -0.2) is 52.2 Å². The first-order chi connectivity index (χ1) is 7.62. The molecule has 0 aromatic rings. The lowest BCUT2D eigenvalue weighted by Crippen LogP contribution is -2.27. The zero-order chi connectivity index (χ0) is 12.3. The average Bonchev–Trinajstić information content (AvgIpc) is 2.27. The second kappa shape index (κ2) is 10.0. The molecular formula is C12H27NO3. The summed E-state index contributed by atoms with van der Waals surface area (Å²) in [6, 6.07) is 0. The number of rotatable bonds is 11. The maximum Gasteiger partial charge on any atom is 0.0644 e. The molecule has 0 saturated carbocycles. The van der Waals surface area contributed by atoms with Crippen molar-refractivity contribution in [3.05, 3.63) is 0 Å². The molecule has 0 bridgehead atoms. The van der Waals surface area contributed by atoms with Crippen LogP contribution in [0.25, 0.3) is 0 Å². The molecule has 0 aromatic heterocycles. The van der Waals surface area contributed by atoms with E-state index in [-0.39, 0.29) is 5.60 Å². The van der Waals surface area contributed by atoms with Crippen molar-refractivity contribution in [2.24, 2.45) is 0 Å². The predicted molar refractivity (Wildman–Crippen MR) is 65.9 cm³/mol. The Labute approximate surface area is 99.6 Å². The Hall–Kier alpha value is -0.160. The molecule has 0 aliphatic carbocycles. The van der Waals surface area contributed by atoms with Gasteiger partial charge >= 0.3 is 0 Å². The van der Waals surface area contributed by atoms with E-state index in [4.69, 9.17) is 14.2 Å². The Kier molecular flexibility index (Phi) is 9.92. The van der Waals surface area contributed by atoms with Gasteiger partial charge in [0.25, 0.3) is 0 Å². The molecule has 0 radical (unpaired) electrons. The van der Waals surface area contributed by atoms with Crippen molar-refractivity contribution < 1.29 is 14.2 Å². The largest absolute Gasteiger partial charge is 0.380 e. The van der Waals surface area contributed by atoms with Crippen LogP contribution >= 0.6 is 0 Å². The van der Waals surface area contributed by atoms with Gasteiger partial charge < -0.3 is 19.5 Å². The third kappa shape index (κ3) is 10.4. The summed E-state index contributed by atoms with van der Waals surface area (Å²) in [6.07, 6.45) is 0.919. The summed E-state index contributed by atoms with van der Waals surface area (Å²) >= 11 is 0. The summed E-state index contributed by atoms with van der Waals surface area (Å²) < 4.78 is 16.0. The van der Waals surface area contributed by atoms with E-state index in [1.54, 1.807) is 7.11 Å². The molecule has 16 heavy (non-hydrogen) atoms. The molecule has 0 aliphatic rings. The predicted octanol–water partition coefficient (Wildman–Crippen LogP) is 1.44.